The summed E-state index contributed by atoms with van der Waals surface area (Å²) in [6.07, 6.45) is 0.797. The third-order valence-corrected chi connectivity index (χ3v) is 5.69. The Morgan fingerprint density at radius 3 is 1.59 bits per heavy atom. The number of fused-ring (bicyclic) bond motifs is 2. The predicted octanol–water partition coefficient (Wildman–Crippen LogP) is 2.64. The van der Waals surface area contributed by atoms with E-state index in [2.05, 4.69) is 36.2 Å². The van der Waals surface area contributed by atoms with Crippen LogP contribution in [-0.2, 0) is 0 Å². The van der Waals surface area contributed by atoms with Gasteiger partial charge in [0.05, 0.1) is 22.3 Å². The fraction of sp³-hybridized carbons (Fsp3) is 0.174. The van der Waals surface area contributed by atoms with E-state index >= 15 is 0 Å². The Morgan fingerprint density at radius 2 is 1.15 bits per heavy atom. The van der Waals surface area contributed by atoms with Gasteiger partial charge in [-0.25, -0.2) is 0 Å². The van der Waals surface area contributed by atoms with Crippen molar-refractivity contribution in [2.75, 3.05) is 10.6 Å². The molecule has 0 radical (unpaired) electrons. The summed E-state index contributed by atoms with van der Waals surface area (Å²) in [5.41, 5.74) is 2.24. The van der Waals surface area contributed by atoms with Crippen LogP contribution < -0.4 is 21.3 Å². The second kappa shape index (κ2) is 8.03. The minimum atomic E-state index is -0.457. The quantitative estimate of drug-likeness (QED) is 0.409. The lowest BCUT2D eigenvalue weighted by molar-refractivity contribution is 0.0863. The lowest BCUT2D eigenvalue weighted by atomic mass is 10.1. The van der Waals surface area contributed by atoms with Gasteiger partial charge < -0.3 is 10.6 Å². The van der Waals surface area contributed by atoms with Crippen molar-refractivity contribution in [3.05, 3.63) is 64.5 Å². The van der Waals surface area contributed by atoms with Gasteiger partial charge in [-0.2, -0.15) is 15.0 Å². The highest BCUT2D eigenvalue weighted by molar-refractivity contribution is 6.22. The maximum atomic E-state index is 12.0. The van der Waals surface area contributed by atoms with E-state index in [0.717, 1.165) is 6.42 Å². The second-order valence-corrected chi connectivity index (χ2v) is 7.99. The van der Waals surface area contributed by atoms with E-state index in [1.807, 2.05) is 13.8 Å². The molecular formula is C23H19N7O4. The average Bonchev–Trinajstić information content (AvgIpc) is 3.26. The van der Waals surface area contributed by atoms with Crippen LogP contribution in [0.3, 0.4) is 0 Å². The molecular weight excluding hydrogens is 438 g/mol. The number of anilines is 4. The van der Waals surface area contributed by atoms with Gasteiger partial charge in [0.15, 0.2) is 0 Å². The lowest BCUT2D eigenvalue weighted by Gasteiger charge is -2.13. The SMILES string of the molecule is CCC(C)c1nc(Nc2ccc3c(c2)C(=O)NC3=O)nc(Nc2ccc3c(c2)C(=O)NC3=O)n1. The Bertz CT molecular complexity index is 1300. The van der Waals surface area contributed by atoms with Gasteiger partial charge in [0.1, 0.15) is 5.82 Å². The first-order chi connectivity index (χ1) is 16.3. The van der Waals surface area contributed by atoms with Crippen LogP contribution in [0.15, 0.2) is 36.4 Å². The van der Waals surface area contributed by atoms with Crippen molar-refractivity contribution in [1.82, 2.24) is 25.6 Å². The number of carbonyl (C=O) groups is 4. The number of aromatic nitrogens is 3. The van der Waals surface area contributed by atoms with E-state index in [1.54, 1.807) is 36.4 Å². The van der Waals surface area contributed by atoms with Crippen molar-refractivity contribution in [1.29, 1.82) is 0 Å². The second-order valence-electron chi connectivity index (χ2n) is 7.99. The highest BCUT2D eigenvalue weighted by atomic mass is 16.2. The molecule has 0 aliphatic carbocycles. The van der Waals surface area contributed by atoms with Gasteiger partial charge in [0.25, 0.3) is 23.6 Å². The molecule has 0 fully saturated rings. The predicted molar refractivity (Wildman–Crippen MR) is 122 cm³/mol. The average molecular weight is 457 g/mol. The standard InChI is InChI=1S/C23H19N7O4/c1-3-10(2)17-26-22(24-11-4-6-13-15(8-11)20(33)28-18(13)31)30-23(27-17)25-12-5-7-14-16(9-12)21(34)29-19(14)32/h4-10H,3H2,1-2H3,(H,28,31,33)(H,29,32,34)(H2,24,25,26,27,30). The Morgan fingerprint density at radius 1 is 0.706 bits per heavy atom. The molecule has 3 heterocycles. The molecule has 11 heteroatoms. The van der Waals surface area contributed by atoms with Gasteiger partial charge >= 0.3 is 0 Å². The Hall–Kier alpha value is -4.67. The summed E-state index contributed by atoms with van der Waals surface area (Å²) in [4.78, 5) is 61.0. The number of benzene rings is 2. The molecule has 5 rings (SSSR count). The smallest absolute Gasteiger partial charge is 0.259 e. The molecule has 0 spiro atoms. The maximum Gasteiger partial charge on any atom is 0.259 e. The molecule has 2 aliphatic rings. The van der Waals surface area contributed by atoms with Crippen LogP contribution in [-0.4, -0.2) is 38.6 Å². The number of imide groups is 2. The third-order valence-electron chi connectivity index (χ3n) is 5.69. The topological polar surface area (TPSA) is 155 Å². The Kier molecular flexibility index (Phi) is 5.01. The van der Waals surface area contributed by atoms with Gasteiger partial charge in [-0.05, 0) is 42.8 Å². The maximum absolute atomic E-state index is 12.0. The third kappa shape index (κ3) is 3.72. The summed E-state index contributed by atoms with van der Waals surface area (Å²) in [6.45, 7) is 4.00. The molecule has 170 valence electrons. The molecule has 0 saturated heterocycles. The fourth-order valence-corrected chi connectivity index (χ4v) is 3.66. The first-order valence-corrected chi connectivity index (χ1v) is 10.6. The Labute approximate surface area is 193 Å². The molecule has 1 unspecified atom stereocenters. The molecule has 0 bridgehead atoms. The van der Waals surface area contributed by atoms with Crippen LogP contribution in [0.2, 0.25) is 0 Å². The first-order valence-electron chi connectivity index (χ1n) is 10.6. The number of hydrogen-bond acceptors (Lipinski definition) is 9. The molecule has 11 nitrogen and oxygen atoms in total. The highest BCUT2D eigenvalue weighted by Crippen LogP contribution is 2.26. The molecule has 2 aliphatic heterocycles. The van der Waals surface area contributed by atoms with Crippen LogP contribution in [0.25, 0.3) is 0 Å². The van der Waals surface area contributed by atoms with Crippen LogP contribution in [0.5, 0.6) is 0 Å². The van der Waals surface area contributed by atoms with Gasteiger partial charge in [-0.3, -0.25) is 29.8 Å². The summed E-state index contributed by atoms with van der Waals surface area (Å²) in [6, 6.07) is 9.56. The number of nitrogens with one attached hydrogen (secondary N) is 4. The number of hydrogen-bond donors (Lipinski definition) is 4. The van der Waals surface area contributed by atoms with Crippen LogP contribution in [0.1, 0.15) is 73.4 Å². The van der Waals surface area contributed by atoms with Crippen molar-refractivity contribution < 1.29 is 19.2 Å². The summed E-state index contributed by atoms with van der Waals surface area (Å²) in [5, 5.41) is 10.7. The number of carbonyl (C=O) groups excluding carboxylic acids is 4. The number of amides is 4. The van der Waals surface area contributed by atoms with E-state index in [0.29, 0.717) is 28.3 Å². The minimum absolute atomic E-state index is 0.0379. The summed E-state index contributed by atoms with van der Waals surface area (Å²) >= 11 is 0. The van der Waals surface area contributed by atoms with E-state index in [-0.39, 0.29) is 28.9 Å². The Balaban J connectivity index is 1.46. The normalized spacial score (nSPS) is 14.9. The van der Waals surface area contributed by atoms with Gasteiger partial charge in [-0.15, -0.1) is 0 Å². The lowest BCUT2D eigenvalue weighted by Crippen LogP contribution is -2.19. The van der Waals surface area contributed by atoms with Crippen molar-refractivity contribution >= 4 is 46.9 Å². The zero-order chi connectivity index (χ0) is 24.0. The molecule has 1 atom stereocenters. The van der Waals surface area contributed by atoms with Crippen molar-refractivity contribution in [3.63, 3.8) is 0 Å². The van der Waals surface area contributed by atoms with Crippen LogP contribution >= 0.6 is 0 Å². The van der Waals surface area contributed by atoms with E-state index < -0.39 is 23.6 Å². The molecule has 2 aromatic carbocycles. The molecule has 1 aromatic heterocycles. The molecule has 34 heavy (non-hydrogen) atoms. The van der Waals surface area contributed by atoms with Crippen LogP contribution in [0, 0.1) is 0 Å². The number of nitrogens with zero attached hydrogens (tertiary/aromatic N) is 3. The summed E-state index contributed by atoms with van der Waals surface area (Å²) < 4.78 is 0. The van der Waals surface area contributed by atoms with Crippen LogP contribution in [0.4, 0.5) is 23.3 Å². The van der Waals surface area contributed by atoms with Gasteiger partial charge in [0.2, 0.25) is 11.9 Å². The van der Waals surface area contributed by atoms with Crippen molar-refractivity contribution in [3.8, 4) is 0 Å². The van der Waals surface area contributed by atoms with Crippen molar-refractivity contribution in [2.45, 2.75) is 26.2 Å². The summed E-state index contributed by atoms with van der Waals surface area (Å²) in [5.74, 6) is -0.703. The first kappa shape index (κ1) is 21.2. The van der Waals surface area contributed by atoms with Gasteiger partial charge in [0, 0.05) is 17.3 Å². The van der Waals surface area contributed by atoms with E-state index in [9.17, 15) is 19.2 Å². The van der Waals surface area contributed by atoms with Gasteiger partial charge in [-0.1, -0.05) is 13.8 Å². The van der Waals surface area contributed by atoms with E-state index in [4.69, 9.17) is 0 Å². The minimum Gasteiger partial charge on any atom is -0.324 e. The van der Waals surface area contributed by atoms with E-state index in [1.165, 1.54) is 0 Å². The zero-order valence-corrected chi connectivity index (χ0v) is 18.2. The molecule has 3 aromatic rings. The summed E-state index contributed by atoms with van der Waals surface area (Å²) in [7, 11) is 0. The molecule has 4 N–H and O–H groups in total. The van der Waals surface area contributed by atoms with Crippen molar-refractivity contribution in [2.24, 2.45) is 0 Å². The fourth-order valence-electron chi connectivity index (χ4n) is 3.66. The monoisotopic (exact) mass is 457 g/mol. The largest absolute Gasteiger partial charge is 0.324 e. The number of rotatable bonds is 6. The highest BCUT2D eigenvalue weighted by Gasteiger charge is 2.28. The molecule has 0 saturated carbocycles. The molecule has 4 amide bonds. The zero-order valence-electron chi connectivity index (χ0n) is 18.2.